The van der Waals surface area contributed by atoms with Crippen molar-refractivity contribution >= 4 is 46.7 Å². The van der Waals surface area contributed by atoms with Crippen molar-refractivity contribution < 1.29 is 40.3 Å². The summed E-state index contributed by atoms with van der Waals surface area (Å²) in [6, 6.07) is 5.15. The summed E-state index contributed by atoms with van der Waals surface area (Å²) in [6.07, 6.45) is -5.37. The molecule has 5 rings (SSSR count). The lowest BCUT2D eigenvalue weighted by atomic mass is 10.1. The molecule has 2 aromatic heterocycles. The van der Waals surface area contributed by atoms with E-state index >= 15 is 0 Å². The highest BCUT2D eigenvalue weighted by Crippen LogP contribution is 2.37. The summed E-state index contributed by atoms with van der Waals surface area (Å²) in [6.45, 7) is 2.15. The Hall–Kier alpha value is -4.21. The summed E-state index contributed by atoms with van der Waals surface area (Å²) in [7, 11) is 0. The number of piperidine rings is 1. The summed E-state index contributed by atoms with van der Waals surface area (Å²) in [5, 5.41) is 4.57. The third-order valence-electron chi connectivity index (χ3n) is 7.36. The van der Waals surface area contributed by atoms with Gasteiger partial charge in [-0.3, -0.25) is 4.79 Å². The topological polar surface area (TPSA) is 107 Å². The maximum atomic E-state index is 13.7. The van der Waals surface area contributed by atoms with Gasteiger partial charge in [0, 0.05) is 44.3 Å². The van der Waals surface area contributed by atoms with E-state index in [9.17, 15) is 35.9 Å². The van der Waals surface area contributed by atoms with Crippen LogP contribution in [0.4, 0.5) is 54.3 Å². The number of benzene rings is 1. The van der Waals surface area contributed by atoms with Gasteiger partial charge in [0.05, 0.1) is 23.1 Å². The van der Waals surface area contributed by atoms with E-state index in [4.69, 9.17) is 16.0 Å². The number of pyridine rings is 1. The Morgan fingerprint density at radius 2 is 1.56 bits per heavy atom. The van der Waals surface area contributed by atoms with Crippen LogP contribution in [0, 0.1) is 0 Å². The highest BCUT2D eigenvalue weighted by Gasteiger charge is 2.42. The molecule has 10 nitrogen and oxygen atoms in total. The number of aromatic nitrogens is 2. The van der Waals surface area contributed by atoms with Gasteiger partial charge in [-0.15, -0.1) is 0 Å². The Labute approximate surface area is 258 Å². The van der Waals surface area contributed by atoms with Crippen molar-refractivity contribution in [1.82, 2.24) is 14.9 Å². The first-order valence-corrected chi connectivity index (χ1v) is 14.5. The van der Waals surface area contributed by atoms with E-state index in [0.29, 0.717) is 38.4 Å². The highest BCUT2D eigenvalue weighted by molar-refractivity contribution is 6.30. The summed E-state index contributed by atoms with van der Waals surface area (Å²) in [5.74, 6) is -1.60. The summed E-state index contributed by atoms with van der Waals surface area (Å²) >= 11 is 5.71. The van der Waals surface area contributed by atoms with Gasteiger partial charge in [0.1, 0.15) is 5.82 Å². The second kappa shape index (κ2) is 13.0. The molecule has 2 aliphatic rings. The normalized spacial score (nSPS) is 16.4. The number of carbonyl (C=O) groups is 2. The van der Waals surface area contributed by atoms with Crippen molar-refractivity contribution in [1.29, 1.82) is 0 Å². The van der Waals surface area contributed by atoms with Gasteiger partial charge in [-0.2, -0.15) is 31.3 Å². The van der Waals surface area contributed by atoms with E-state index in [-0.39, 0.29) is 29.8 Å². The second-order valence-corrected chi connectivity index (χ2v) is 11.0. The standard InChI is InChI=1S/C28H28ClF6N7O3/c29-17-5-7-20(19(15-17)27(30,31)32)38-25(44)41-12-4-11-40(13-14-41)21-8-6-18(16-36-21)37-24(43)22-23(28(33,34)35)39-26(45-22)42-9-2-1-3-10-42/h5-8,15-16H,1-4,9-14H2,(H,37,43)(H,38,44). The number of anilines is 4. The molecule has 1 aromatic carbocycles. The number of carbonyl (C=O) groups excluding carboxylic acids is 2. The molecule has 3 amide bonds. The number of amides is 3. The molecule has 0 atom stereocenters. The van der Waals surface area contributed by atoms with Crippen molar-refractivity contribution in [2.45, 2.75) is 38.0 Å². The average molecular weight is 660 g/mol. The minimum atomic E-state index is -4.90. The maximum absolute atomic E-state index is 13.7. The number of hydrogen-bond acceptors (Lipinski definition) is 7. The Kier molecular flexibility index (Phi) is 9.32. The van der Waals surface area contributed by atoms with Gasteiger partial charge in [0.15, 0.2) is 5.69 Å². The predicted octanol–water partition coefficient (Wildman–Crippen LogP) is 6.75. The Morgan fingerprint density at radius 1 is 0.822 bits per heavy atom. The highest BCUT2D eigenvalue weighted by atomic mass is 35.5. The quantitative estimate of drug-likeness (QED) is 0.292. The summed E-state index contributed by atoms with van der Waals surface area (Å²) < 4.78 is 86.6. The number of halogens is 7. The molecule has 0 spiro atoms. The van der Waals surface area contributed by atoms with Crippen molar-refractivity contribution in [3.05, 3.63) is 58.6 Å². The van der Waals surface area contributed by atoms with Crippen LogP contribution in [0.15, 0.2) is 40.9 Å². The fourth-order valence-corrected chi connectivity index (χ4v) is 5.29. The zero-order chi connectivity index (χ0) is 32.4. The molecule has 2 saturated heterocycles. The van der Waals surface area contributed by atoms with E-state index in [2.05, 4.69) is 20.6 Å². The molecule has 2 fully saturated rings. The molecule has 2 N–H and O–H groups in total. The van der Waals surface area contributed by atoms with Gasteiger partial charge in [-0.1, -0.05) is 11.6 Å². The molecule has 4 heterocycles. The zero-order valence-corrected chi connectivity index (χ0v) is 24.4. The van der Waals surface area contributed by atoms with Gasteiger partial charge in [0.2, 0.25) is 5.76 Å². The molecular formula is C28H28ClF6N7O3. The third kappa shape index (κ3) is 7.72. The van der Waals surface area contributed by atoms with Crippen molar-refractivity contribution in [3.8, 4) is 0 Å². The van der Waals surface area contributed by atoms with E-state index < -0.39 is 47.0 Å². The largest absolute Gasteiger partial charge is 0.437 e. The Bertz CT molecular complexity index is 1520. The van der Waals surface area contributed by atoms with Crippen LogP contribution in [0.1, 0.15) is 47.5 Å². The number of nitrogens with zero attached hydrogens (tertiary/aromatic N) is 5. The van der Waals surface area contributed by atoms with Gasteiger partial charge >= 0.3 is 18.4 Å². The SMILES string of the molecule is O=C(Nc1ccc(N2CCCN(C(=O)Nc3ccc(Cl)cc3C(F)(F)F)CC2)nc1)c1oc(N2CCCCC2)nc1C(F)(F)F. The minimum absolute atomic E-state index is 0.116. The first-order chi connectivity index (χ1) is 21.3. The molecule has 0 radical (unpaired) electrons. The Morgan fingerprint density at radius 3 is 2.22 bits per heavy atom. The lowest BCUT2D eigenvalue weighted by Crippen LogP contribution is -2.38. The third-order valence-corrected chi connectivity index (χ3v) is 7.59. The number of nitrogens with one attached hydrogen (secondary N) is 2. The average Bonchev–Trinajstić information content (AvgIpc) is 3.32. The number of alkyl halides is 6. The number of oxazole rings is 1. The minimum Gasteiger partial charge on any atom is -0.417 e. The van der Waals surface area contributed by atoms with Crippen molar-refractivity contribution in [2.75, 3.05) is 59.7 Å². The van der Waals surface area contributed by atoms with Crippen LogP contribution in [0.5, 0.6) is 0 Å². The molecule has 2 aliphatic heterocycles. The van der Waals surface area contributed by atoms with Gasteiger partial charge in [-0.05, 0) is 56.0 Å². The molecule has 0 saturated carbocycles. The molecule has 242 valence electrons. The smallest absolute Gasteiger partial charge is 0.417 e. The first-order valence-electron chi connectivity index (χ1n) is 14.1. The van der Waals surface area contributed by atoms with Gasteiger partial charge in [0.25, 0.3) is 11.9 Å². The molecule has 17 heteroatoms. The molecule has 45 heavy (non-hydrogen) atoms. The van der Waals surface area contributed by atoms with E-state index in [1.807, 2.05) is 4.90 Å². The van der Waals surface area contributed by atoms with E-state index in [0.717, 1.165) is 31.4 Å². The van der Waals surface area contributed by atoms with Crippen LogP contribution in [0.25, 0.3) is 0 Å². The second-order valence-electron chi connectivity index (χ2n) is 10.5. The first kappa shape index (κ1) is 32.2. The van der Waals surface area contributed by atoms with Crippen LogP contribution < -0.4 is 20.4 Å². The fourth-order valence-electron chi connectivity index (χ4n) is 5.11. The molecule has 0 unspecified atom stereocenters. The molecule has 0 bridgehead atoms. The lowest BCUT2D eigenvalue weighted by molar-refractivity contribution is -0.141. The molecule has 0 aliphatic carbocycles. The molecule has 3 aromatic rings. The number of urea groups is 1. The number of rotatable bonds is 5. The van der Waals surface area contributed by atoms with Crippen molar-refractivity contribution in [3.63, 3.8) is 0 Å². The monoisotopic (exact) mass is 659 g/mol. The van der Waals surface area contributed by atoms with E-state index in [1.54, 1.807) is 11.0 Å². The molecular weight excluding hydrogens is 632 g/mol. The van der Waals surface area contributed by atoms with Crippen LogP contribution in [-0.4, -0.2) is 66.1 Å². The van der Waals surface area contributed by atoms with Crippen LogP contribution in [-0.2, 0) is 12.4 Å². The van der Waals surface area contributed by atoms with Crippen molar-refractivity contribution in [2.24, 2.45) is 0 Å². The van der Waals surface area contributed by atoms with Gasteiger partial charge in [-0.25, -0.2) is 9.78 Å². The lowest BCUT2D eigenvalue weighted by Gasteiger charge is -2.24. The van der Waals surface area contributed by atoms with Crippen LogP contribution in [0.3, 0.4) is 0 Å². The van der Waals surface area contributed by atoms with Crippen LogP contribution >= 0.6 is 11.6 Å². The Balaban J connectivity index is 1.21. The predicted molar refractivity (Wildman–Crippen MR) is 154 cm³/mol. The maximum Gasteiger partial charge on any atom is 0.437 e. The number of hydrogen-bond donors (Lipinski definition) is 2. The fraction of sp³-hybridized carbons (Fsp3) is 0.429. The zero-order valence-electron chi connectivity index (χ0n) is 23.6. The van der Waals surface area contributed by atoms with Crippen LogP contribution in [0.2, 0.25) is 5.02 Å². The summed E-state index contributed by atoms with van der Waals surface area (Å²) in [4.78, 5) is 38.3. The van der Waals surface area contributed by atoms with Gasteiger partial charge < -0.3 is 29.8 Å². The summed E-state index contributed by atoms with van der Waals surface area (Å²) in [5.41, 5.74) is -2.76. The van der Waals surface area contributed by atoms with E-state index in [1.165, 1.54) is 23.2 Å².